The number of hydrogen-bond donors (Lipinski definition) is 2. The summed E-state index contributed by atoms with van der Waals surface area (Å²) in [6.45, 7) is 7.22. The van der Waals surface area contributed by atoms with Gasteiger partial charge in [0.25, 0.3) is 0 Å². The lowest BCUT2D eigenvalue weighted by molar-refractivity contribution is 0.330. The zero-order valence-electron chi connectivity index (χ0n) is 12.6. The van der Waals surface area contributed by atoms with Crippen LogP contribution in [0.4, 0.5) is 0 Å². The number of nitrogens with zero attached hydrogens (tertiary/aromatic N) is 2. The summed E-state index contributed by atoms with van der Waals surface area (Å²) in [4.78, 5) is 10.2. The predicted octanol–water partition coefficient (Wildman–Crippen LogP) is 3.02. The van der Waals surface area contributed by atoms with Crippen molar-refractivity contribution in [2.45, 2.75) is 32.9 Å². The van der Waals surface area contributed by atoms with Gasteiger partial charge in [-0.3, -0.25) is 4.98 Å². The first kappa shape index (κ1) is 14.1. The Morgan fingerprint density at radius 1 is 1.33 bits per heavy atom. The minimum Gasteiger partial charge on any atom is -0.362 e. The van der Waals surface area contributed by atoms with Gasteiger partial charge in [0.15, 0.2) is 5.11 Å². The van der Waals surface area contributed by atoms with E-state index < -0.39 is 0 Å². The van der Waals surface area contributed by atoms with E-state index in [1.807, 2.05) is 18.3 Å². The first-order valence-electron chi connectivity index (χ1n) is 7.26. The van der Waals surface area contributed by atoms with Gasteiger partial charge in [0.05, 0.1) is 17.8 Å². The number of aromatic amines is 1. The highest BCUT2D eigenvalue weighted by Crippen LogP contribution is 2.39. The Hall–Kier alpha value is -1.88. The fourth-order valence-corrected chi connectivity index (χ4v) is 3.51. The maximum atomic E-state index is 5.52. The molecule has 21 heavy (non-hydrogen) atoms. The standard InChI is InChI=1S/C16H20N4S/c1-4-20-15(12-9-10(2)18-11(12)3)14(19-16(20)21)13-7-5-6-8-17-13/h5-9,14-15,18H,4H2,1-3H3,(H,19,21)/t14-,15-/m0/s1. The molecule has 0 aliphatic carbocycles. The maximum Gasteiger partial charge on any atom is 0.170 e. The van der Waals surface area contributed by atoms with E-state index in [4.69, 9.17) is 12.2 Å². The molecule has 1 saturated heterocycles. The molecule has 4 nitrogen and oxygen atoms in total. The number of rotatable bonds is 3. The molecule has 5 heteroatoms. The van der Waals surface area contributed by atoms with Crippen molar-refractivity contribution >= 4 is 17.3 Å². The van der Waals surface area contributed by atoms with Crippen molar-refractivity contribution < 1.29 is 0 Å². The summed E-state index contributed by atoms with van der Waals surface area (Å²) in [5, 5.41) is 4.24. The molecule has 2 aromatic rings. The molecule has 0 aromatic carbocycles. The average Bonchev–Trinajstić information content (AvgIpc) is 2.98. The minimum absolute atomic E-state index is 0.0903. The molecule has 110 valence electrons. The fraction of sp³-hybridized carbons (Fsp3) is 0.375. The second-order valence-corrected chi connectivity index (χ2v) is 5.83. The molecule has 2 N–H and O–H groups in total. The van der Waals surface area contributed by atoms with Gasteiger partial charge in [-0.15, -0.1) is 0 Å². The van der Waals surface area contributed by atoms with Crippen LogP contribution in [0.5, 0.6) is 0 Å². The zero-order valence-corrected chi connectivity index (χ0v) is 13.4. The summed E-state index contributed by atoms with van der Waals surface area (Å²) >= 11 is 5.52. The van der Waals surface area contributed by atoms with Crippen LogP contribution in [0.2, 0.25) is 0 Å². The molecule has 3 heterocycles. The van der Waals surface area contributed by atoms with Crippen molar-refractivity contribution in [1.82, 2.24) is 20.2 Å². The SMILES string of the molecule is CCN1C(=S)N[C@@H](c2ccccn2)[C@@H]1c1cc(C)[nH]c1C. The zero-order chi connectivity index (χ0) is 15.0. The van der Waals surface area contributed by atoms with Crippen LogP contribution in [0, 0.1) is 13.8 Å². The molecule has 1 aliphatic heterocycles. The van der Waals surface area contributed by atoms with Crippen molar-refractivity contribution in [2.75, 3.05) is 6.54 Å². The molecule has 2 aromatic heterocycles. The molecule has 1 aliphatic rings. The third-order valence-electron chi connectivity index (χ3n) is 4.05. The highest BCUT2D eigenvalue weighted by atomic mass is 32.1. The van der Waals surface area contributed by atoms with Gasteiger partial charge < -0.3 is 15.2 Å². The number of thiocarbonyl (C=S) groups is 1. The van der Waals surface area contributed by atoms with E-state index in [0.29, 0.717) is 0 Å². The number of aryl methyl sites for hydroxylation is 2. The summed E-state index contributed by atoms with van der Waals surface area (Å²) in [7, 11) is 0. The third kappa shape index (κ3) is 2.42. The van der Waals surface area contributed by atoms with Crippen LogP contribution in [-0.4, -0.2) is 26.5 Å². The van der Waals surface area contributed by atoms with Crippen LogP contribution in [0.3, 0.4) is 0 Å². The monoisotopic (exact) mass is 300 g/mol. The number of aromatic nitrogens is 2. The molecule has 0 unspecified atom stereocenters. The Morgan fingerprint density at radius 2 is 2.14 bits per heavy atom. The molecule has 0 spiro atoms. The van der Waals surface area contributed by atoms with Gasteiger partial charge in [0, 0.05) is 24.1 Å². The molecule has 0 amide bonds. The van der Waals surface area contributed by atoms with Crippen LogP contribution >= 0.6 is 12.2 Å². The van der Waals surface area contributed by atoms with Gasteiger partial charge in [0.1, 0.15) is 0 Å². The molecule has 0 radical (unpaired) electrons. The largest absolute Gasteiger partial charge is 0.362 e. The second kappa shape index (κ2) is 5.48. The summed E-state index contributed by atoms with van der Waals surface area (Å²) < 4.78 is 0. The van der Waals surface area contributed by atoms with E-state index in [1.165, 1.54) is 17.0 Å². The quantitative estimate of drug-likeness (QED) is 0.855. The summed E-state index contributed by atoms with van der Waals surface area (Å²) in [5.74, 6) is 0. The van der Waals surface area contributed by atoms with E-state index >= 15 is 0 Å². The van der Waals surface area contributed by atoms with Crippen LogP contribution in [0.15, 0.2) is 30.5 Å². The van der Waals surface area contributed by atoms with E-state index in [0.717, 1.165) is 17.4 Å². The fourth-order valence-electron chi connectivity index (χ4n) is 3.14. The number of pyridine rings is 1. The van der Waals surface area contributed by atoms with Gasteiger partial charge in [0.2, 0.25) is 0 Å². The van der Waals surface area contributed by atoms with Gasteiger partial charge >= 0.3 is 0 Å². The van der Waals surface area contributed by atoms with Crippen molar-refractivity contribution in [1.29, 1.82) is 0 Å². The Morgan fingerprint density at radius 3 is 2.71 bits per heavy atom. The summed E-state index contributed by atoms with van der Waals surface area (Å²) in [5.41, 5.74) is 4.69. The molecule has 3 rings (SSSR count). The Labute approximate surface area is 130 Å². The highest BCUT2D eigenvalue weighted by molar-refractivity contribution is 7.80. The number of H-pyrrole nitrogens is 1. The van der Waals surface area contributed by atoms with Gasteiger partial charge in [-0.25, -0.2) is 0 Å². The van der Waals surface area contributed by atoms with E-state index in [9.17, 15) is 0 Å². The predicted molar refractivity (Wildman–Crippen MR) is 88.1 cm³/mol. The van der Waals surface area contributed by atoms with E-state index in [2.05, 4.69) is 53.1 Å². The highest BCUT2D eigenvalue weighted by Gasteiger charge is 2.39. The number of hydrogen-bond acceptors (Lipinski definition) is 2. The van der Waals surface area contributed by atoms with Crippen LogP contribution < -0.4 is 5.32 Å². The topological polar surface area (TPSA) is 44.0 Å². The molecule has 0 saturated carbocycles. The van der Waals surface area contributed by atoms with Gasteiger partial charge in [-0.05, 0) is 56.8 Å². The van der Waals surface area contributed by atoms with E-state index in [-0.39, 0.29) is 12.1 Å². The van der Waals surface area contributed by atoms with Crippen molar-refractivity contribution in [3.8, 4) is 0 Å². The van der Waals surface area contributed by atoms with Crippen LogP contribution in [0.1, 0.15) is 41.7 Å². The number of likely N-dealkylation sites (N-methyl/N-ethyl adjacent to an activating group) is 1. The minimum atomic E-state index is 0.0903. The lowest BCUT2D eigenvalue weighted by atomic mass is 9.97. The normalized spacial score (nSPS) is 21.7. The molecular formula is C16H20N4S. The maximum absolute atomic E-state index is 5.52. The molecule has 0 bridgehead atoms. The molecule has 1 fully saturated rings. The second-order valence-electron chi connectivity index (χ2n) is 5.45. The van der Waals surface area contributed by atoms with E-state index in [1.54, 1.807) is 0 Å². The first-order chi connectivity index (χ1) is 10.1. The molecule has 2 atom stereocenters. The lowest BCUT2D eigenvalue weighted by Crippen LogP contribution is -2.29. The van der Waals surface area contributed by atoms with Crippen molar-refractivity contribution in [2.24, 2.45) is 0 Å². The Kier molecular flexibility index (Phi) is 3.68. The van der Waals surface area contributed by atoms with Crippen molar-refractivity contribution in [3.63, 3.8) is 0 Å². The lowest BCUT2D eigenvalue weighted by Gasteiger charge is -2.26. The molecular weight excluding hydrogens is 280 g/mol. The van der Waals surface area contributed by atoms with Gasteiger partial charge in [-0.1, -0.05) is 6.07 Å². The Bertz CT molecular complexity index is 650. The first-order valence-corrected chi connectivity index (χ1v) is 7.66. The van der Waals surface area contributed by atoms with Gasteiger partial charge in [-0.2, -0.15) is 0 Å². The average molecular weight is 300 g/mol. The van der Waals surface area contributed by atoms with Crippen molar-refractivity contribution in [3.05, 3.63) is 53.1 Å². The smallest absolute Gasteiger partial charge is 0.170 e. The third-order valence-corrected chi connectivity index (χ3v) is 4.40. The summed E-state index contributed by atoms with van der Waals surface area (Å²) in [6.07, 6.45) is 1.83. The van der Waals surface area contributed by atoms with Crippen LogP contribution in [0.25, 0.3) is 0 Å². The summed E-state index contributed by atoms with van der Waals surface area (Å²) in [6, 6.07) is 8.51. The van der Waals surface area contributed by atoms with Crippen LogP contribution in [-0.2, 0) is 0 Å². The number of nitrogens with one attached hydrogen (secondary N) is 2. The Balaban J connectivity index is 2.07.